The summed E-state index contributed by atoms with van der Waals surface area (Å²) in [4.78, 5) is 4.41. The number of aryl methyl sites for hydroxylation is 1. The van der Waals surface area contributed by atoms with Crippen molar-refractivity contribution in [1.82, 2.24) is 4.98 Å². The van der Waals surface area contributed by atoms with Gasteiger partial charge in [-0.1, -0.05) is 17.7 Å². The van der Waals surface area contributed by atoms with Gasteiger partial charge in [-0.3, -0.25) is 4.98 Å². The topological polar surface area (TPSA) is 42.4 Å². The third-order valence-corrected chi connectivity index (χ3v) is 4.70. The predicted molar refractivity (Wildman–Crippen MR) is 88.1 cm³/mol. The third kappa shape index (κ3) is 3.57. The van der Waals surface area contributed by atoms with E-state index in [9.17, 15) is 5.11 Å². The molecule has 5 heteroatoms. The predicted octanol–water partition coefficient (Wildman–Crippen LogP) is 4.40. The van der Waals surface area contributed by atoms with Crippen LogP contribution < -0.4 is 4.74 Å². The molecule has 0 saturated heterocycles. The molecule has 1 atom stereocenters. The lowest BCUT2D eigenvalue weighted by atomic mass is 10.0. The number of pyridine rings is 1. The number of aliphatic hydroxyl groups excluding tert-OH is 1. The van der Waals surface area contributed by atoms with Gasteiger partial charge in [-0.2, -0.15) is 0 Å². The van der Waals surface area contributed by atoms with Gasteiger partial charge in [0.15, 0.2) is 0 Å². The van der Waals surface area contributed by atoms with Crippen molar-refractivity contribution in [3.05, 3.63) is 56.3 Å². The van der Waals surface area contributed by atoms with Crippen LogP contribution >= 0.6 is 27.5 Å². The summed E-state index contributed by atoms with van der Waals surface area (Å²) < 4.78 is 6.20. The fraction of sp³-hybridized carbons (Fsp3) is 0.312. The summed E-state index contributed by atoms with van der Waals surface area (Å²) in [7, 11) is 1.64. The van der Waals surface area contributed by atoms with E-state index in [-0.39, 0.29) is 0 Å². The van der Waals surface area contributed by atoms with Gasteiger partial charge in [0.2, 0.25) is 0 Å². The first-order valence-corrected chi connectivity index (χ1v) is 7.73. The van der Waals surface area contributed by atoms with Crippen molar-refractivity contribution in [1.29, 1.82) is 0 Å². The van der Waals surface area contributed by atoms with Crippen LogP contribution in [0.3, 0.4) is 0 Å². The Morgan fingerprint density at radius 1 is 1.38 bits per heavy atom. The van der Waals surface area contributed by atoms with Gasteiger partial charge in [-0.05, 0) is 47.5 Å². The summed E-state index contributed by atoms with van der Waals surface area (Å²) in [5.41, 5.74) is 3.53. The standard InChI is InChI=1S/C16H17BrClNO2/c1-9-8-19-14(10(2)16(9)21-3)7-15(20)11-4-5-12(17)13(18)6-11/h4-6,8,15,20H,7H2,1-3H3. The van der Waals surface area contributed by atoms with E-state index in [4.69, 9.17) is 16.3 Å². The van der Waals surface area contributed by atoms with E-state index in [0.29, 0.717) is 11.4 Å². The van der Waals surface area contributed by atoms with Crippen LogP contribution in [0.15, 0.2) is 28.9 Å². The van der Waals surface area contributed by atoms with Crippen molar-refractivity contribution in [2.24, 2.45) is 0 Å². The Labute approximate surface area is 138 Å². The lowest BCUT2D eigenvalue weighted by molar-refractivity contribution is 0.177. The molecule has 0 aliphatic rings. The number of benzene rings is 1. The van der Waals surface area contributed by atoms with Gasteiger partial charge in [0.25, 0.3) is 0 Å². The minimum Gasteiger partial charge on any atom is -0.496 e. The SMILES string of the molecule is COc1c(C)cnc(CC(O)c2ccc(Br)c(Cl)c2)c1C. The van der Waals surface area contributed by atoms with E-state index in [2.05, 4.69) is 20.9 Å². The summed E-state index contributed by atoms with van der Waals surface area (Å²) >= 11 is 9.41. The van der Waals surface area contributed by atoms with Crippen LogP contribution in [0.1, 0.15) is 28.5 Å². The highest BCUT2D eigenvalue weighted by Crippen LogP contribution is 2.30. The molecule has 0 bridgehead atoms. The van der Waals surface area contributed by atoms with Crippen LogP contribution in [0.5, 0.6) is 5.75 Å². The summed E-state index contributed by atoms with van der Waals surface area (Å²) in [6, 6.07) is 5.44. The van der Waals surface area contributed by atoms with Gasteiger partial charge in [0.1, 0.15) is 5.75 Å². The first kappa shape index (κ1) is 16.3. The van der Waals surface area contributed by atoms with E-state index in [0.717, 1.165) is 32.6 Å². The van der Waals surface area contributed by atoms with Crippen LogP contribution in [0.4, 0.5) is 0 Å². The van der Waals surface area contributed by atoms with Crippen molar-refractivity contribution in [2.75, 3.05) is 7.11 Å². The minimum absolute atomic E-state index is 0.417. The Hall–Kier alpha value is -1.10. The second-order valence-corrected chi connectivity index (χ2v) is 6.20. The number of aliphatic hydroxyl groups is 1. The van der Waals surface area contributed by atoms with Gasteiger partial charge in [-0.15, -0.1) is 0 Å². The number of ether oxygens (including phenoxy) is 1. The molecule has 1 aromatic carbocycles. The third-order valence-electron chi connectivity index (χ3n) is 3.46. The zero-order valence-corrected chi connectivity index (χ0v) is 14.5. The molecule has 21 heavy (non-hydrogen) atoms. The Bertz CT molecular complexity index is 661. The van der Waals surface area contributed by atoms with Crippen LogP contribution in [0.2, 0.25) is 5.02 Å². The van der Waals surface area contributed by atoms with E-state index < -0.39 is 6.10 Å². The first-order chi connectivity index (χ1) is 9.93. The molecule has 1 aromatic heterocycles. The van der Waals surface area contributed by atoms with Crippen LogP contribution in [-0.2, 0) is 6.42 Å². The lowest BCUT2D eigenvalue weighted by Crippen LogP contribution is -2.07. The van der Waals surface area contributed by atoms with Gasteiger partial charge in [0, 0.05) is 33.9 Å². The average molecular weight is 371 g/mol. The molecule has 0 amide bonds. The van der Waals surface area contributed by atoms with E-state index in [1.54, 1.807) is 19.4 Å². The highest BCUT2D eigenvalue weighted by atomic mass is 79.9. The van der Waals surface area contributed by atoms with Crippen LogP contribution in [0.25, 0.3) is 0 Å². The van der Waals surface area contributed by atoms with Crippen molar-refractivity contribution < 1.29 is 9.84 Å². The molecule has 1 N–H and O–H groups in total. The summed E-state index contributed by atoms with van der Waals surface area (Å²) in [6.07, 6.45) is 1.53. The first-order valence-electron chi connectivity index (χ1n) is 6.56. The van der Waals surface area contributed by atoms with Crippen molar-refractivity contribution in [3.8, 4) is 5.75 Å². The Kier molecular flexibility index (Phi) is 5.25. The Balaban J connectivity index is 2.27. The number of aromatic nitrogens is 1. The molecule has 0 saturated carbocycles. The minimum atomic E-state index is -0.658. The normalized spacial score (nSPS) is 12.3. The maximum absolute atomic E-state index is 10.4. The second-order valence-electron chi connectivity index (χ2n) is 4.94. The van der Waals surface area contributed by atoms with E-state index >= 15 is 0 Å². The smallest absolute Gasteiger partial charge is 0.128 e. The van der Waals surface area contributed by atoms with Gasteiger partial charge in [0.05, 0.1) is 18.2 Å². The number of nitrogens with zero attached hydrogens (tertiary/aromatic N) is 1. The van der Waals surface area contributed by atoms with Gasteiger partial charge < -0.3 is 9.84 Å². The maximum atomic E-state index is 10.4. The summed E-state index contributed by atoms with van der Waals surface area (Å²) in [6.45, 7) is 3.91. The summed E-state index contributed by atoms with van der Waals surface area (Å²) in [5, 5.41) is 11.0. The highest BCUT2D eigenvalue weighted by molar-refractivity contribution is 9.10. The molecule has 1 heterocycles. The van der Waals surface area contributed by atoms with Crippen molar-refractivity contribution in [3.63, 3.8) is 0 Å². The fourth-order valence-electron chi connectivity index (χ4n) is 2.30. The number of methoxy groups -OCH3 is 1. The fourth-order valence-corrected chi connectivity index (χ4v) is 2.73. The van der Waals surface area contributed by atoms with Gasteiger partial charge in [-0.25, -0.2) is 0 Å². The van der Waals surface area contributed by atoms with Crippen molar-refractivity contribution in [2.45, 2.75) is 26.4 Å². The Morgan fingerprint density at radius 3 is 2.71 bits per heavy atom. The molecule has 2 aromatic rings. The molecular formula is C16H17BrClNO2. The second kappa shape index (κ2) is 6.77. The molecule has 0 aliphatic carbocycles. The largest absolute Gasteiger partial charge is 0.496 e. The zero-order valence-electron chi connectivity index (χ0n) is 12.2. The van der Waals surface area contributed by atoms with E-state index in [1.807, 2.05) is 26.0 Å². The molecule has 112 valence electrons. The van der Waals surface area contributed by atoms with Crippen LogP contribution in [0, 0.1) is 13.8 Å². The maximum Gasteiger partial charge on any atom is 0.128 e. The number of hydrogen-bond donors (Lipinski definition) is 1. The molecule has 0 fully saturated rings. The number of halogens is 2. The summed E-state index contributed by atoms with van der Waals surface area (Å²) in [5.74, 6) is 0.820. The molecule has 2 rings (SSSR count). The van der Waals surface area contributed by atoms with Crippen molar-refractivity contribution >= 4 is 27.5 Å². The molecular weight excluding hydrogens is 354 g/mol. The monoisotopic (exact) mass is 369 g/mol. The van der Waals surface area contributed by atoms with E-state index in [1.165, 1.54) is 0 Å². The zero-order chi connectivity index (χ0) is 15.6. The molecule has 0 radical (unpaired) electrons. The number of hydrogen-bond acceptors (Lipinski definition) is 3. The molecule has 3 nitrogen and oxygen atoms in total. The Morgan fingerprint density at radius 2 is 2.10 bits per heavy atom. The molecule has 0 spiro atoms. The quantitative estimate of drug-likeness (QED) is 0.867. The molecule has 0 aliphatic heterocycles. The lowest BCUT2D eigenvalue weighted by Gasteiger charge is -2.16. The van der Waals surface area contributed by atoms with Crippen LogP contribution in [-0.4, -0.2) is 17.2 Å². The molecule has 1 unspecified atom stereocenters. The van der Waals surface area contributed by atoms with Gasteiger partial charge >= 0.3 is 0 Å². The highest BCUT2D eigenvalue weighted by Gasteiger charge is 2.15. The number of rotatable bonds is 4. The average Bonchev–Trinajstić information content (AvgIpc) is 2.45.